The van der Waals surface area contributed by atoms with E-state index in [2.05, 4.69) is 10.6 Å². The van der Waals surface area contributed by atoms with Crippen molar-refractivity contribution in [2.45, 2.75) is 6.42 Å². The van der Waals surface area contributed by atoms with Crippen LogP contribution >= 0.6 is 11.6 Å². The lowest BCUT2D eigenvalue weighted by Crippen LogP contribution is -2.32. The highest BCUT2D eigenvalue weighted by atomic mass is 35.5. The maximum Gasteiger partial charge on any atom is 0.273 e. The number of hydrogen-bond acceptors (Lipinski definition) is 6. The number of nitro groups is 1. The first-order chi connectivity index (χ1) is 13.8. The predicted molar refractivity (Wildman–Crippen MR) is 110 cm³/mol. The van der Waals surface area contributed by atoms with E-state index in [0.29, 0.717) is 22.9 Å². The minimum atomic E-state index is -0.545. The fourth-order valence-corrected chi connectivity index (χ4v) is 2.66. The highest BCUT2D eigenvalue weighted by Gasteiger charge is 2.14. The first-order valence-electron chi connectivity index (χ1n) is 8.65. The number of benzene rings is 2. The number of hydrogen-bond donors (Lipinski definition) is 2. The first-order valence-corrected chi connectivity index (χ1v) is 9.03. The molecule has 0 saturated carbocycles. The number of nitrogens with zero attached hydrogens (tertiary/aromatic N) is 2. The number of likely N-dealkylation sites (N-methyl/N-ethyl adjacent to an activating group) is 1. The van der Waals surface area contributed by atoms with Crippen LogP contribution in [0.15, 0.2) is 42.5 Å². The number of ether oxygens (including phenoxy) is 1. The van der Waals surface area contributed by atoms with Gasteiger partial charge >= 0.3 is 0 Å². The minimum Gasteiger partial charge on any atom is -0.494 e. The van der Waals surface area contributed by atoms with E-state index >= 15 is 0 Å². The van der Waals surface area contributed by atoms with Crippen molar-refractivity contribution in [3.8, 4) is 5.75 Å². The van der Waals surface area contributed by atoms with Gasteiger partial charge in [-0.2, -0.15) is 0 Å². The molecule has 0 radical (unpaired) electrons. The number of non-ortho nitro benzene ring substituents is 1. The topological polar surface area (TPSA) is 114 Å². The van der Waals surface area contributed by atoms with Gasteiger partial charge in [0, 0.05) is 19.0 Å². The Morgan fingerprint density at radius 3 is 2.48 bits per heavy atom. The number of amides is 2. The van der Waals surface area contributed by atoms with Gasteiger partial charge < -0.3 is 15.4 Å². The van der Waals surface area contributed by atoms with Gasteiger partial charge in [0.05, 0.1) is 41.0 Å². The lowest BCUT2D eigenvalue weighted by atomic mass is 10.2. The van der Waals surface area contributed by atoms with E-state index < -0.39 is 4.92 Å². The summed E-state index contributed by atoms with van der Waals surface area (Å²) >= 11 is 6.01. The normalized spacial score (nSPS) is 10.5. The Morgan fingerprint density at radius 1 is 1.14 bits per heavy atom. The lowest BCUT2D eigenvalue weighted by Gasteiger charge is -2.17. The van der Waals surface area contributed by atoms with Crippen LogP contribution in [0.3, 0.4) is 0 Å². The summed E-state index contributed by atoms with van der Waals surface area (Å²) < 4.78 is 5.09. The van der Waals surface area contributed by atoms with Gasteiger partial charge in [-0.05, 0) is 25.2 Å². The van der Waals surface area contributed by atoms with Crippen LogP contribution in [0, 0.1) is 10.1 Å². The summed E-state index contributed by atoms with van der Waals surface area (Å²) in [7, 11) is 3.08. The molecule has 0 aliphatic rings. The number of halogens is 1. The predicted octanol–water partition coefficient (Wildman–Crippen LogP) is 3.16. The number of rotatable bonds is 9. The molecule has 0 heterocycles. The Labute approximate surface area is 172 Å². The Hall–Kier alpha value is -3.17. The third-order valence-electron chi connectivity index (χ3n) is 3.95. The number of nitro benzene ring substituents is 1. The molecule has 2 amide bonds. The number of carbonyl (C=O) groups is 2. The van der Waals surface area contributed by atoms with Gasteiger partial charge in [-0.15, -0.1) is 0 Å². The van der Waals surface area contributed by atoms with Crippen LogP contribution in [0.2, 0.25) is 5.02 Å². The van der Waals surface area contributed by atoms with Gasteiger partial charge in [-0.25, -0.2) is 0 Å². The lowest BCUT2D eigenvalue weighted by molar-refractivity contribution is -0.384. The Bertz CT molecular complexity index is 906. The molecule has 0 unspecified atom stereocenters. The van der Waals surface area contributed by atoms with Gasteiger partial charge in [0.25, 0.3) is 5.69 Å². The molecule has 0 saturated heterocycles. The monoisotopic (exact) mass is 420 g/mol. The molecule has 0 atom stereocenters. The zero-order valence-corrected chi connectivity index (χ0v) is 16.7. The average Bonchev–Trinajstić information content (AvgIpc) is 2.68. The molecule has 2 aromatic rings. The summed E-state index contributed by atoms with van der Waals surface area (Å²) in [6.45, 7) is 0.413. The zero-order valence-electron chi connectivity index (χ0n) is 16.0. The molecule has 0 bridgehead atoms. The zero-order chi connectivity index (χ0) is 21.4. The van der Waals surface area contributed by atoms with Crippen LogP contribution in [-0.2, 0) is 9.59 Å². The molecular weight excluding hydrogens is 400 g/mol. The smallest absolute Gasteiger partial charge is 0.273 e. The first kappa shape index (κ1) is 22.1. The fraction of sp³-hybridized carbons (Fsp3) is 0.263. The van der Waals surface area contributed by atoms with Crippen molar-refractivity contribution in [3.63, 3.8) is 0 Å². The van der Waals surface area contributed by atoms with Crippen molar-refractivity contribution in [3.05, 3.63) is 57.6 Å². The van der Waals surface area contributed by atoms with E-state index in [1.54, 1.807) is 36.2 Å². The molecule has 2 N–H and O–H groups in total. The second-order valence-corrected chi connectivity index (χ2v) is 6.61. The minimum absolute atomic E-state index is 0.0827. The van der Waals surface area contributed by atoms with Gasteiger partial charge in [-0.1, -0.05) is 23.7 Å². The maximum absolute atomic E-state index is 12.2. The third kappa shape index (κ3) is 6.74. The van der Waals surface area contributed by atoms with Crippen molar-refractivity contribution >= 4 is 40.5 Å². The highest BCUT2D eigenvalue weighted by molar-refractivity contribution is 6.33. The molecule has 0 aromatic heterocycles. The van der Waals surface area contributed by atoms with Crippen LogP contribution < -0.4 is 15.4 Å². The summed E-state index contributed by atoms with van der Waals surface area (Å²) in [4.78, 5) is 36.2. The molecule has 0 aliphatic heterocycles. The van der Waals surface area contributed by atoms with Crippen LogP contribution in [0.4, 0.5) is 17.1 Å². The number of anilines is 2. The highest BCUT2D eigenvalue weighted by Crippen LogP contribution is 2.29. The summed E-state index contributed by atoms with van der Waals surface area (Å²) in [5, 5.41) is 16.6. The van der Waals surface area contributed by atoms with Crippen molar-refractivity contribution in [2.75, 3.05) is 37.9 Å². The van der Waals surface area contributed by atoms with E-state index in [-0.39, 0.29) is 36.2 Å². The SMILES string of the molecule is COc1cc([N+](=O)[O-])ccc1NC(=O)CCN(C)CC(=O)Nc1ccccc1Cl. The number of methoxy groups -OCH3 is 1. The molecule has 9 nitrogen and oxygen atoms in total. The van der Waals surface area contributed by atoms with Crippen LogP contribution in [0.25, 0.3) is 0 Å². The van der Waals surface area contributed by atoms with E-state index in [0.717, 1.165) is 0 Å². The molecular formula is C19H21ClN4O5. The second-order valence-electron chi connectivity index (χ2n) is 6.21. The quantitative estimate of drug-likeness (QED) is 0.475. The number of para-hydroxylation sites is 1. The summed E-state index contributed by atoms with van der Waals surface area (Å²) in [6, 6.07) is 10.8. The number of carbonyl (C=O) groups excluding carboxylic acids is 2. The molecule has 0 fully saturated rings. The van der Waals surface area contributed by atoms with Crippen LogP contribution in [0.5, 0.6) is 5.75 Å². The molecule has 29 heavy (non-hydrogen) atoms. The van der Waals surface area contributed by atoms with Crippen molar-refractivity contribution < 1.29 is 19.2 Å². The molecule has 2 rings (SSSR count). The van der Waals surface area contributed by atoms with Crippen molar-refractivity contribution in [2.24, 2.45) is 0 Å². The largest absolute Gasteiger partial charge is 0.494 e. The summed E-state index contributed by atoms with van der Waals surface area (Å²) in [5.74, 6) is -0.367. The van der Waals surface area contributed by atoms with Crippen molar-refractivity contribution in [1.82, 2.24) is 4.90 Å². The molecule has 2 aromatic carbocycles. The Balaban J connectivity index is 1.83. The van der Waals surface area contributed by atoms with Crippen LogP contribution in [-0.4, -0.2) is 48.9 Å². The van der Waals surface area contributed by atoms with Crippen molar-refractivity contribution in [1.29, 1.82) is 0 Å². The summed E-state index contributed by atoms with van der Waals surface area (Å²) in [6.07, 6.45) is 0.121. The van der Waals surface area contributed by atoms with Gasteiger partial charge in [-0.3, -0.25) is 24.6 Å². The standard InChI is InChI=1S/C19H21ClN4O5/c1-23(12-19(26)21-15-6-4-3-5-14(15)20)10-9-18(25)22-16-8-7-13(24(27)28)11-17(16)29-2/h3-8,11H,9-10,12H2,1-2H3,(H,21,26)(H,22,25). The van der Waals surface area contributed by atoms with Gasteiger partial charge in [0.15, 0.2) is 0 Å². The van der Waals surface area contributed by atoms with E-state index in [9.17, 15) is 19.7 Å². The van der Waals surface area contributed by atoms with E-state index in [4.69, 9.17) is 16.3 Å². The molecule has 10 heteroatoms. The van der Waals surface area contributed by atoms with Crippen LogP contribution in [0.1, 0.15) is 6.42 Å². The fourth-order valence-electron chi connectivity index (χ4n) is 2.48. The second kappa shape index (κ2) is 10.4. The summed E-state index contributed by atoms with van der Waals surface area (Å²) in [5.41, 5.74) is 0.724. The molecule has 154 valence electrons. The third-order valence-corrected chi connectivity index (χ3v) is 4.28. The van der Waals surface area contributed by atoms with Gasteiger partial charge in [0.2, 0.25) is 11.8 Å². The Kier molecular flexibility index (Phi) is 7.93. The van der Waals surface area contributed by atoms with E-state index in [1.165, 1.54) is 25.3 Å². The molecule has 0 spiro atoms. The average molecular weight is 421 g/mol. The maximum atomic E-state index is 12.2. The number of nitrogens with one attached hydrogen (secondary N) is 2. The van der Waals surface area contributed by atoms with Gasteiger partial charge in [0.1, 0.15) is 5.75 Å². The van der Waals surface area contributed by atoms with E-state index in [1.807, 2.05) is 0 Å². The Morgan fingerprint density at radius 2 is 1.83 bits per heavy atom. The molecule has 0 aliphatic carbocycles.